The van der Waals surface area contributed by atoms with Crippen molar-refractivity contribution in [2.45, 2.75) is 66.3 Å². The Morgan fingerprint density at radius 2 is 1.53 bits per heavy atom. The van der Waals surface area contributed by atoms with Crippen LogP contribution in [0.1, 0.15) is 70.6 Å². The highest BCUT2D eigenvalue weighted by Gasteiger charge is 2.30. The summed E-state index contributed by atoms with van der Waals surface area (Å²) in [5.74, 6) is 0.879. The Hall–Kier alpha value is -2.62. The molecule has 0 heterocycles. The summed E-state index contributed by atoms with van der Waals surface area (Å²) in [6, 6.07) is 16.1. The molecule has 1 unspecified atom stereocenters. The summed E-state index contributed by atoms with van der Waals surface area (Å²) < 4.78 is 6.21. The van der Waals surface area contributed by atoms with Gasteiger partial charge in [0.05, 0.1) is 11.5 Å². The van der Waals surface area contributed by atoms with Crippen molar-refractivity contribution in [2.24, 2.45) is 10.7 Å². The molecule has 0 aliphatic rings. The molecule has 0 saturated carbocycles. The summed E-state index contributed by atoms with van der Waals surface area (Å²) in [4.78, 5) is 4.35. The molecule has 0 fully saturated rings. The number of hydrogen-bond donors (Lipinski definition) is 1. The largest absolute Gasteiger partial charge is 0.445 e. The second-order valence-electron chi connectivity index (χ2n) is 8.13. The van der Waals surface area contributed by atoms with Gasteiger partial charge in [-0.05, 0) is 64.3 Å². The molecular formula is C30H43ClN2O. The third kappa shape index (κ3) is 10.1. The van der Waals surface area contributed by atoms with Crippen LogP contribution in [0.25, 0.3) is 0 Å². The highest BCUT2D eigenvalue weighted by atomic mass is 35.5. The number of nitrogens with zero attached hydrogens (tertiary/aromatic N) is 1. The molecule has 0 aliphatic heterocycles. The highest BCUT2D eigenvalue weighted by Crippen LogP contribution is 2.33. The molecule has 0 saturated heterocycles. The maximum Gasteiger partial charge on any atom is 0.209 e. The first-order chi connectivity index (χ1) is 16.1. The predicted octanol–water partition coefficient (Wildman–Crippen LogP) is 8.63. The SMILES string of the molecule is C=C(OC(=NC)[C@](C)(N)C/C(C)=C/C)C(c1ccc(C)cc1)c1ccc(Cl)cc1.C=CC.CC. The minimum Gasteiger partial charge on any atom is -0.445 e. The molecule has 0 aromatic heterocycles. The maximum absolute atomic E-state index is 6.56. The standard InChI is InChI=1S/C25H31ClN2O.C3H6.C2H6/c1-7-17(2)16-25(5,27)24(28-6)29-19(4)23(20-10-8-18(3)9-11-20)21-12-14-22(26)15-13-21;1-3-2;1-2/h7-15,23H,4,16,27H2,1-3,5-6H3;3H,1H2,2H3;1-2H3/b17-7+,28-24?;;/t23?,25-;;/m1../s1. The van der Waals surface area contributed by atoms with Crippen LogP contribution in [0.2, 0.25) is 5.02 Å². The molecule has 0 bridgehead atoms. The average molecular weight is 483 g/mol. The Kier molecular flexibility index (Phi) is 14.8. The summed E-state index contributed by atoms with van der Waals surface area (Å²) in [6.45, 7) is 21.5. The third-order valence-corrected chi connectivity index (χ3v) is 5.25. The molecule has 0 aliphatic carbocycles. The first-order valence-electron chi connectivity index (χ1n) is 11.7. The summed E-state index contributed by atoms with van der Waals surface area (Å²) in [5.41, 5.74) is 10.3. The van der Waals surface area contributed by atoms with Crippen LogP contribution < -0.4 is 5.73 Å². The van der Waals surface area contributed by atoms with Gasteiger partial charge in [-0.1, -0.05) is 91.7 Å². The molecule has 0 radical (unpaired) electrons. The second kappa shape index (κ2) is 16.1. The van der Waals surface area contributed by atoms with Gasteiger partial charge in [-0.15, -0.1) is 6.58 Å². The lowest BCUT2D eigenvalue weighted by Crippen LogP contribution is -2.46. The van der Waals surface area contributed by atoms with E-state index in [9.17, 15) is 0 Å². The van der Waals surface area contributed by atoms with Crippen molar-refractivity contribution in [3.05, 3.63) is 107 Å². The van der Waals surface area contributed by atoms with Gasteiger partial charge >= 0.3 is 0 Å². The smallest absolute Gasteiger partial charge is 0.209 e. The number of benzene rings is 2. The van der Waals surface area contributed by atoms with E-state index in [1.54, 1.807) is 13.1 Å². The Morgan fingerprint density at radius 1 is 1.09 bits per heavy atom. The van der Waals surface area contributed by atoms with Crippen molar-refractivity contribution in [1.29, 1.82) is 0 Å². The fourth-order valence-electron chi connectivity index (χ4n) is 3.34. The quantitative estimate of drug-likeness (QED) is 0.186. The number of aryl methyl sites for hydroxylation is 1. The molecule has 2 aromatic rings. The van der Waals surface area contributed by atoms with Crippen LogP contribution in [-0.2, 0) is 4.74 Å². The number of halogens is 1. The van der Waals surface area contributed by atoms with Gasteiger partial charge < -0.3 is 10.5 Å². The van der Waals surface area contributed by atoms with Crippen LogP contribution >= 0.6 is 11.6 Å². The van der Waals surface area contributed by atoms with Crippen LogP contribution in [0, 0.1) is 6.92 Å². The molecule has 186 valence electrons. The Balaban J connectivity index is 0.00000201. The van der Waals surface area contributed by atoms with E-state index in [-0.39, 0.29) is 5.92 Å². The molecule has 2 rings (SSSR count). The molecular weight excluding hydrogens is 440 g/mol. The van der Waals surface area contributed by atoms with Crippen molar-refractivity contribution in [3.63, 3.8) is 0 Å². The zero-order valence-electron chi connectivity index (χ0n) is 22.3. The molecule has 3 nitrogen and oxygen atoms in total. The monoisotopic (exact) mass is 482 g/mol. The lowest BCUT2D eigenvalue weighted by molar-refractivity contribution is 0.344. The summed E-state index contributed by atoms with van der Waals surface area (Å²) in [5, 5.41) is 0.690. The number of aliphatic imine (C=N–C) groups is 1. The molecule has 2 atom stereocenters. The van der Waals surface area contributed by atoms with Gasteiger partial charge in [0.25, 0.3) is 0 Å². The minimum absolute atomic E-state index is 0.164. The number of allylic oxidation sites excluding steroid dienone is 3. The number of nitrogens with two attached hydrogens (primary N) is 1. The van der Waals surface area contributed by atoms with E-state index in [0.717, 1.165) is 11.1 Å². The molecule has 0 spiro atoms. The van der Waals surface area contributed by atoms with Gasteiger partial charge in [0.15, 0.2) is 0 Å². The molecule has 0 amide bonds. The van der Waals surface area contributed by atoms with Crippen LogP contribution in [0.4, 0.5) is 0 Å². The van der Waals surface area contributed by atoms with E-state index in [0.29, 0.717) is 23.1 Å². The lowest BCUT2D eigenvalue weighted by atomic mass is 9.89. The fourth-order valence-corrected chi connectivity index (χ4v) is 3.46. The van der Waals surface area contributed by atoms with Gasteiger partial charge in [0, 0.05) is 12.1 Å². The molecule has 2 N–H and O–H groups in total. The Morgan fingerprint density at radius 3 is 1.94 bits per heavy atom. The molecule has 4 heteroatoms. The third-order valence-electron chi connectivity index (χ3n) is 4.99. The summed E-state index contributed by atoms with van der Waals surface area (Å²) in [6.07, 6.45) is 4.45. The van der Waals surface area contributed by atoms with E-state index < -0.39 is 5.54 Å². The number of ether oxygens (including phenoxy) is 1. The van der Waals surface area contributed by atoms with E-state index in [1.165, 1.54) is 11.1 Å². The zero-order chi connectivity index (χ0) is 26.3. The van der Waals surface area contributed by atoms with Crippen molar-refractivity contribution < 1.29 is 4.74 Å². The first kappa shape index (κ1) is 31.4. The van der Waals surface area contributed by atoms with Crippen LogP contribution in [0.5, 0.6) is 0 Å². The maximum atomic E-state index is 6.56. The van der Waals surface area contributed by atoms with E-state index in [4.69, 9.17) is 22.1 Å². The Labute approximate surface area is 213 Å². The van der Waals surface area contributed by atoms with E-state index in [2.05, 4.69) is 62.3 Å². The van der Waals surface area contributed by atoms with Gasteiger partial charge in [-0.25, -0.2) is 0 Å². The number of rotatable bonds is 7. The van der Waals surface area contributed by atoms with Crippen molar-refractivity contribution >= 4 is 17.5 Å². The van der Waals surface area contributed by atoms with Gasteiger partial charge in [-0.3, -0.25) is 4.99 Å². The predicted molar refractivity (Wildman–Crippen MR) is 152 cm³/mol. The van der Waals surface area contributed by atoms with Gasteiger partial charge in [-0.2, -0.15) is 0 Å². The van der Waals surface area contributed by atoms with Crippen LogP contribution in [0.3, 0.4) is 0 Å². The van der Waals surface area contributed by atoms with Gasteiger partial charge in [0.1, 0.15) is 5.76 Å². The van der Waals surface area contributed by atoms with Crippen LogP contribution in [0.15, 0.2) is 90.2 Å². The minimum atomic E-state index is -0.730. The normalized spacial score (nSPS) is 13.8. The van der Waals surface area contributed by atoms with E-state index in [1.807, 2.05) is 58.9 Å². The average Bonchev–Trinajstić information content (AvgIpc) is 2.81. The topological polar surface area (TPSA) is 47.6 Å². The number of hydrogen-bond acceptors (Lipinski definition) is 3. The lowest BCUT2D eigenvalue weighted by Gasteiger charge is -2.29. The fraction of sp³-hybridized carbons (Fsp3) is 0.367. The zero-order valence-corrected chi connectivity index (χ0v) is 23.0. The Bertz CT molecular complexity index is 893. The van der Waals surface area contributed by atoms with Crippen molar-refractivity contribution in [1.82, 2.24) is 0 Å². The van der Waals surface area contributed by atoms with E-state index >= 15 is 0 Å². The van der Waals surface area contributed by atoms with Crippen molar-refractivity contribution in [3.8, 4) is 0 Å². The second-order valence-corrected chi connectivity index (χ2v) is 8.57. The highest BCUT2D eigenvalue weighted by molar-refractivity contribution is 6.30. The summed E-state index contributed by atoms with van der Waals surface area (Å²) >= 11 is 6.10. The van der Waals surface area contributed by atoms with Crippen LogP contribution in [-0.4, -0.2) is 18.5 Å². The first-order valence-corrected chi connectivity index (χ1v) is 12.1. The summed E-state index contributed by atoms with van der Waals surface area (Å²) in [7, 11) is 1.70. The molecule has 34 heavy (non-hydrogen) atoms. The van der Waals surface area contributed by atoms with Gasteiger partial charge in [0.2, 0.25) is 5.90 Å². The molecule has 2 aromatic carbocycles. The van der Waals surface area contributed by atoms with Crippen molar-refractivity contribution in [2.75, 3.05) is 7.05 Å².